The minimum atomic E-state index is -0.564. The molecule has 10 nitrogen and oxygen atoms in total. The van der Waals surface area contributed by atoms with Gasteiger partial charge in [0.2, 0.25) is 11.7 Å². The van der Waals surface area contributed by atoms with Crippen LogP contribution in [-0.4, -0.2) is 35.7 Å². The molecule has 0 aliphatic rings. The Kier molecular flexibility index (Phi) is 6.42. The van der Waals surface area contributed by atoms with Crippen molar-refractivity contribution in [3.63, 3.8) is 0 Å². The third kappa shape index (κ3) is 4.81. The summed E-state index contributed by atoms with van der Waals surface area (Å²) in [6.07, 6.45) is 1.41. The van der Waals surface area contributed by atoms with Crippen LogP contribution in [0.15, 0.2) is 35.4 Å². The van der Waals surface area contributed by atoms with Crippen LogP contribution in [0.5, 0.6) is 11.5 Å². The number of nitrogens with two attached hydrogens (primary N) is 1. The van der Waals surface area contributed by atoms with Crippen LogP contribution in [0.1, 0.15) is 18.1 Å². The second-order valence-corrected chi connectivity index (χ2v) is 7.15. The lowest BCUT2D eigenvalue weighted by Gasteiger charge is -2.10. The Morgan fingerprint density at radius 1 is 1.40 bits per heavy atom. The Hall–Kier alpha value is -3.73. The summed E-state index contributed by atoms with van der Waals surface area (Å²) in [7, 11) is 1.39. The van der Waals surface area contributed by atoms with Crippen molar-refractivity contribution in [2.75, 3.05) is 19.5 Å². The molecule has 0 spiro atoms. The number of nitrogen functional groups attached to an aromatic ring is 1. The highest BCUT2D eigenvalue weighted by Gasteiger charge is 2.21. The Labute approximate surface area is 175 Å². The summed E-state index contributed by atoms with van der Waals surface area (Å²) in [6, 6.07) is 8.29. The van der Waals surface area contributed by atoms with Crippen LogP contribution >= 0.6 is 11.3 Å². The molecular formula is C19H19N5O5S. The molecule has 0 unspecified atom stereocenters. The van der Waals surface area contributed by atoms with Crippen molar-refractivity contribution in [1.29, 1.82) is 0 Å². The van der Waals surface area contributed by atoms with Gasteiger partial charge in [0.15, 0.2) is 10.9 Å². The Morgan fingerprint density at radius 3 is 2.90 bits per heavy atom. The number of rotatable bonds is 8. The maximum absolute atomic E-state index is 12.2. The topological polar surface area (TPSA) is 142 Å². The molecule has 0 radical (unpaired) electrons. The summed E-state index contributed by atoms with van der Waals surface area (Å²) >= 11 is 1.35. The van der Waals surface area contributed by atoms with E-state index in [1.807, 2.05) is 6.07 Å². The average molecular weight is 429 g/mol. The van der Waals surface area contributed by atoms with E-state index in [4.69, 9.17) is 15.2 Å². The highest BCUT2D eigenvalue weighted by atomic mass is 32.1. The number of benzene rings is 2. The van der Waals surface area contributed by atoms with Gasteiger partial charge >= 0.3 is 5.69 Å². The first-order chi connectivity index (χ1) is 14.4. The standard InChI is InChI=1S/C19H19N5O5S/c1-3-29-18-14(24(26)27)6-12(7-15(18)28-2)10-21-23-17(25)9-11-4-5-13-16(8-11)30-19(20)22-13/h4-8,10H,3,9H2,1-2H3,(H2,20,22)(H,23,25)/b21-10-. The zero-order valence-electron chi connectivity index (χ0n) is 16.2. The van der Waals surface area contributed by atoms with Crippen LogP contribution < -0.4 is 20.6 Å². The summed E-state index contributed by atoms with van der Waals surface area (Å²) in [4.78, 5) is 27.1. The largest absolute Gasteiger partial charge is 0.493 e. The number of aromatic nitrogens is 1. The molecule has 0 saturated carbocycles. The van der Waals surface area contributed by atoms with Gasteiger partial charge < -0.3 is 15.2 Å². The fraction of sp³-hybridized carbons (Fsp3) is 0.211. The predicted octanol–water partition coefficient (Wildman–Crippen LogP) is 2.89. The van der Waals surface area contributed by atoms with Crippen molar-refractivity contribution >= 4 is 44.5 Å². The van der Waals surface area contributed by atoms with Crippen molar-refractivity contribution in [3.05, 3.63) is 51.6 Å². The third-order valence-electron chi connectivity index (χ3n) is 4.00. The van der Waals surface area contributed by atoms with Crippen LogP contribution in [0.3, 0.4) is 0 Å². The molecule has 3 aromatic rings. The number of anilines is 1. The first-order valence-corrected chi connectivity index (χ1v) is 9.69. The average Bonchev–Trinajstić information content (AvgIpc) is 3.07. The van der Waals surface area contributed by atoms with Crippen LogP contribution in [0.25, 0.3) is 10.2 Å². The third-order valence-corrected chi connectivity index (χ3v) is 4.85. The molecule has 0 aliphatic heterocycles. The van der Waals surface area contributed by atoms with E-state index in [0.29, 0.717) is 10.7 Å². The molecule has 30 heavy (non-hydrogen) atoms. The number of hydrogen-bond donors (Lipinski definition) is 2. The molecule has 0 aliphatic carbocycles. The van der Waals surface area contributed by atoms with Gasteiger partial charge in [0.05, 0.1) is 41.5 Å². The molecule has 0 fully saturated rings. The molecule has 1 amide bonds. The fourth-order valence-corrected chi connectivity index (χ4v) is 3.56. The molecule has 1 aromatic heterocycles. The number of carbonyl (C=O) groups excluding carboxylic acids is 1. The van der Waals surface area contributed by atoms with E-state index in [0.717, 1.165) is 15.8 Å². The lowest BCUT2D eigenvalue weighted by Crippen LogP contribution is -2.19. The molecule has 0 saturated heterocycles. The first kappa shape index (κ1) is 21.0. The highest BCUT2D eigenvalue weighted by Crippen LogP contribution is 2.37. The van der Waals surface area contributed by atoms with E-state index >= 15 is 0 Å². The summed E-state index contributed by atoms with van der Waals surface area (Å²) in [5, 5.41) is 15.7. The number of amides is 1. The van der Waals surface area contributed by atoms with Crippen molar-refractivity contribution in [2.24, 2.45) is 5.10 Å². The van der Waals surface area contributed by atoms with Crippen LogP contribution in [-0.2, 0) is 11.2 Å². The van der Waals surface area contributed by atoms with Gasteiger partial charge in [-0.05, 0) is 30.7 Å². The van der Waals surface area contributed by atoms with Gasteiger partial charge in [0, 0.05) is 11.6 Å². The van der Waals surface area contributed by atoms with Crippen LogP contribution in [0.4, 0.5) is 10.8 Å². The van der Waals surface area contributed by atoms with Gasteiger partial charge in [-0.1, -0.05) is 17.4 Å². The minimum Gasteiger partial charge on any atom is -0.493 e. The zero-order chi connectivity index (χ0) is 21.7. The van der Waals surface area contributed by atoms with Gasteiger partial charge in [-0.15, -0.1) is 0 Å². The number of hydrogen-bond acceptors (Lipinski definition) is 9. The second-order valence-electron chi connectivity index (χ2n) is 6.09. The Morgan fingerprint density at radius 2 is 2.20 bits per heavy atom. The Bertz CT molecular complexity index is 1130. The number of carbonyl (C=O) groups is 1. The minimum absolute atomic E-state index is 0.0466. The van der Waals surface area contributed by atoms with E-state index in [-0.39, 0.29) is 36.1 Å². The van der Waals surface area contributed by atoms with E-state index < -0.39 is 4.92 Å². The van der Waals surface area contributed by atoms with Gasteiger partial charge in [-0.25, -0.2) is 10.4 Å². The highest BCUT2D eigenvalue weighted by molar-refractivity contribution is 7.22. The number of fused-ring (bicyclic) bond motifs is 1. The molecule has 2 aromatic carbocycles. The quantitative estimate of drug-likeness (QED) is 0.318. The SMILES string of the molecule is CCOc1c(OC)cc(/C=N\NC(=O)Cc2ccc3nc(N)sc3c2)cc1[N+](=O)[O-]. The van der Waals surface area contributed by atoms with E-state index in [2.05, 4.69) is 15.5 Å². The number of nitrogens with one attached hydrogen (secondary N) is 1. The molecule has 0 atom stereocenters. The number of nitrogens with zero attached hydrogens (tertiary/aromatic N) is 3. The molecular weight excluding hydrogens is 410 g/mol. The molecule has 3 rings (SSSR count). The maximum atomic E-state index is 12.2. The fourth-order valence-electron chi connectivity index (χ4n) is 2.76. The maximum Gasteiger partial charge on any atom is 0.315 e. The molecule has 11 heteroatoms. The Balaban J connectivity index is 1.71. The lowest BCUT2D eigenvalue weighted by atomic mass is 10.1. The predicted molar refractivity (Wildman–Crippen MR) is 114 cm³/mol. The number of ether oxygens (including phenoxy) is 2. The second kappa shape index (κ2) is 9.18. The van der Waals surface area contributed by atoms with Crippen molar-refractivity contribution in [3.8, 4) is 11.5 Å². The number of hydrazone groups is 1. The normalized spacial score (nSPS) is 11.0. The number of nitro groups is 1. The van der Waals surface area contributed by atoms with E-state index in [1.165, 1.54) is 36.8 Å². The van der Waals surface area contributed by atoms with Crippen LogP contribution in [0.2, 0.25) is 0 Å². The smallest absolute Gasteiger partial charge is 0.315 e. The summed E-state index contributed by atoms with van der Waals surface area (Å²) in [5.74, 6) is -0.0864. The monoisotopic (exact) mass is 429 g/mol. The molecule has 0 bridgehead atoms. The van der Waals surface area contributed by atoms with E-state index in [9.17, 15) is 14.9 Å². The van der Waals surface area contributed by atoms with Crippen molar-refractivity contribution in [1.82, 2.24) is 10.4 Å². The summed E-state index contributed by atoms with van der Waals surface area (Å²) in [5.41, 5.74) is 9.80. The van der Waals surface area contributed by atoms with Gasteiger partial charge in [-0.3, -0.25) is 14.9 Å². The number of thiazole rings is 1. The summed E-state index contributed by atoms with van der Waals surface area (Å²) < 4.78 is 11.4. The lowest BCUT2D eigenvalue weighted by molar-refractivity contribution is -0.385. The number of methoxy groups -OCH3 is 1. The molecule has 3 N–H and O–H groups in total. The van der Waals surface area contributed by atoms with Gasteiger partial charge in [0.1, 0.15) is 0 Å². The zero-order valence-corrected chi connectivity index (χ0v) is 17.1. The molecule has 1 heterocycles. The summed E-state index contributed by atoms with van der Waals surface area (Å²) in [6.45, 7) is 1.97. The molecule has 156 valence electrons. The number of nitro benzene ring substituents is 1. The van der Waals surface area contributed by atoms with Gasteiger partial charge in [0.25, 0.3) is 0 Å². The van der Waals surface area contributed by atoms with Crippen molar-refractivity contribution in [2.45, 2.75) is 13.3 Å². The van der Waals surface area contributed by atoms with Crippen LogP contribution in [0, 0.1) is 10.1 Å². The van der Waals surface area contributed by atoms with Crippen molar-refractivity contribution < 1.29 is 19.2 Å². The van der Waals surface area contributed by atoms with E-state index in [1.54, 1.807) is 19.1 Å². The van der Waals surface area contributed by atoms with Gasteiger partial charge in [-0.2, -0.15) is 5.10 Å². The first-order valence-electron chi connectivity index (χ1n) is 8.87.